The third-order valence-electron chi connectivity index (χ3n) is 2.42. The van der Waals surface area contributed by atoms with Crippen LogP contribution in [0, 0.1) is 0 Å². The van der Waals surface area contributed by atoms with Crippen molar-refractivity contribution in [2.24, 2.45) is 0 Å². The van der Waals surface area contributed by atoms with Crippen molar-refractivity contribution in [2.45, 2.75) is 6.92 Å². The van der Waals surface area contributed by atoms with Crippen molar-refractivity contribution in [3.05, 3.63) is 47.2 Å². The molecule has 0 fully saturated rings. The Kier molecular flexibility index (Phi) is 3.97. The van der Waals surface area contributed by atoms with Crippen molar-refractivity contribution in [1.29, 1.82) is 0 Å². The number of hydrogen-bond donors (Lipinski definition) is 0. The molecule has 1 aromatic heterocycles. The molecule has 1 aromatic carbocycles. The Morgan fingerprint density at radius 1 is 1.42 bits per heavy atom. The Morgan fingerprint density at radius 2 is 2.21 bits per heavy atom. The Hall–Kier alpha value is -2.14. The zero-order valence-corrected chi connectivity index (χ0v) is 10.9. The maximum Gasteiger partial charge on any atom is 0.379 e. The number of esters is 1. The largest absolute Gasteiger partial charge is 0.460 e. The van der Waals surface area contributed by atoms with Gasteiger partial charge in [0, 0.05) is 18.0 Å². The first-order valence-corrected chi connectivity index (χ1v) is 6.02. The Balaban J connectivity index is 2.29. The van der Waals surface area contributed by atoms with E-state index >= 15 is 0 Å². The molecule has 19 heavy (non-hydrogen) atoms. The minimum Gasteiger partial charge on any atom is -0.460 e. The van der Waals surface area contributed by atoms with Crippen LogP contribution in [0.2, 0.25) is 5.02 Å². The SMILES string of the molecule is CCOC(=O)C(=O)c1ccc(-n2cccn2)c(Cl)c1. The van der Waals surface area contributed by atoms with Crippen LogP contribution in [-0.2, 0) is 9.53 Å². The first-order valence-electron chi connectivity index (χ1n) is 5.64. The number of carbonyl (C=O) groups is 2. The van der Waals surface area contributed by atoms with E-state index in [1.807, 2.05) is 0 Å². The second kappa shape index (κ2) is 5.67. The highest BCUT2D eigenvalue weighted by Crippen LogP contribution is 2.21. The van der Waals surface area contributed by atoms with Crippen molar-refractivity contribution >= 4 is 23.4 Å². The summed E-state index contributed by atoms with van der Waals surface area (Å²) in [5.74, 6) is -1.60. The number of hydrogen-bond acceptors (Lipinski definition) is 4. The molecule has 0 aliphatic heterocycles. The van der Waals surface area contributed by atoms with Crippen molar-refractivity contribution in [3.63, 3.8) is 0 Å². The van der Waals surface area contributed by atoms with Crippen molar-refractivity contribution in [2.75, 3.05) is 6.61 Å². The molecule has 2 aromatic rings. The van der Waals surface area contributed by atoms with E-state index in [0.29, 0.717) is 10.7 Å². The molecule has 98 valence electrons. The Bertz CT molecular complexity index is 608. The van der Waals surface area contributed by atoms with E-state index in [2.05, 4.69) is 9.84 Å². The second-order valence-corrected chi connectivity index (χ2v) is 4.07. The maximum atomic E-state index is 11.7. The monoisotopic (exact) mass is 278 g/mol. The molecule has 0 saturated heterocycles. The molecular weight excluding hydrogens is 268 g/mol. The first kappa shape index (κ1) is 13.3. The van der Waals surface area contributed by atoms with Crippen molar-refractivity contribution < 1.29 is 14.3 Å². The molecule has 0 atom stereocenters. The number of Topliss-reactive ketones (excluding diaryl/α,β-unsaturated/α-hetero) is 1. The lowest BCUT2D eigenvalue weighted by atomic mass is 10.1. The molecule has 0 unspecified atom stereocenters. The first-order chi connectivity index (χ1) is 9.13. The average molecular weight is 279 g/mol. The molecular formula is C13H11ClN2O3. The van der Waals surface area contributed by atoms with Crippen LogP contribution in [-0.4, -0.2) is 28.1 Å². The summed E-state index contributed by atoms with van der Waals surface area (Å²) in [4.78, 5) is 23.1. The molecule has 5 nitrogen and oxygen atoms in total. The van der Waals surface area contributed by atoms with Crippen molar-refractivity contribution in [3.8, 4) is 5.69 Å². The van der Waals surface area contributed by atoms with E-state index in [-0.39, 0.29) is 12.2 Å². The lowest BCUT2D eigenvalue weighted by Gasteiger charge is -2.06. The fourth-order valence-corrected chi connectivity index (χ4v) is 1.83. The van der Waals surface area contributed by atoms with Gasteiger partial charge < -0.3 is 4.74 Å². The fraction of sp³-hybridized carbons (Fsp3) is 0.154. The average Bonchev–Trinajstić information content (AvgIpc) is 2.91. The molecule has 0 radical (unpaired) electrons. The fourth-order valence-electron chi connectivity index (χ4n) is 1.56. The normalized spacial score (nSPS) is 10.2. The van der Waals surface area contributed by atoms with Gasteiger partial charge in [-0.1, -0.05) is 11.6 Å². The van der Waals surface area contributed by atoms with Crippen LogP contribution in [0.1, 0.15) is 17.3 Å². The number of nitrogens with zero attached hydrogens (tertiary/aromatic N) is 2. The van der Waals surface area contributed by atoms with E-state index in [9.17, 15) is 9.59 Å². The number of halogens is 1. The van der Waals surface area contributed by atoms with Gasteiger partial charge in [0.05, 0.1) is 17.3 Å². The van der Waals surface area contributed by atoms with Gasteiger partial charge in [0.1, 0.15) is 0 Å². The standard InChI is InChI=1S/C13H11ClN2O3/c1-2-19-13(18)12(17)9-4-5-11(10(14)8-9)16-7-3-6-15-16/h3-8H,2H2,1H3. The molecule has 0 amide bonds. The smallest absolute Gasteiger partial charge is 0.379 e. The van der Waals surface area contributed by atoms with Gasteiger partial charge in [0.25, 0.3) is 5.78 Å². The molecule has 0 saturated carbocycles. The summed E-state index contributed by atoms with van der Waals surface area (Å²) in [5.41, 5.74) is 0.825. The summed E-state index contributed by atoms with van der Waals surface area (Å²) in [6, 6.07) is 6.33. The summed E-state index contributed by atoms with van der Waals surface area (Å²) in [6.45, 7) is 1.79. The molecule has 1 heterocycles. The third-order valence-corrected chi connectivity index (χ3v) is 2.72. The minimum atomic E-state index is -0.884. The van der Waals surface area contributed by atoms with Crippen molar-refractivity contribution in [1.82, 2.24) is 9.78 Å². The van der Waals surface area contributed by atoms with Crippen LogP contribution in [0.4, 0.5) is 0 Å². The van der Waals surface area contributed by atoms with Gasteiger partial charge in [0.15, 0.2) is 0 Å². The van der Waals surface area contributed by atoms with Gasteiger partial charge in [-0.2, -0.15) is 5.10 Å². The molecule has 0 bridgehead atoms. The molecule has 0 aliphatic carbocycles. The summed E-state index contributed by atoms with van der Waals surface area (Å²) in [7, 11) is 0. The van der Waals surface area contributed by atoms with Gasteiger partial charge in [-0.25, -0.2) is 9.48 Å². The molecule has 6 heteroatoms. The van der Waals surface area contributed by atoms with Crippen LogP contribution in [0.5, 0.6) is 0 Å². The third kappa shape index (κ3) is 2.82. The van der Waals surface area contributed by atoms with Crippen LogP contribution in [0.15, 0.2) is 36.7 Å². The summed E-state index contributed by atoms with van der Waals surface area (Å²) in [6.07, 6.45) is 3.35. The highest BCUT2D eigenvalue weighted by Gasteiger charge is 2.18. The predicted octanol–water partition coefficient (Wildman–Crippen LogP) is 2.27. The number of ketones is 1. The summed E-state index contributed by atoms with van der Waals surface area (Å²) >= 11 is 6.08. The summed E-state index contributed by atoms with van der Waals surface area (Å²) in [5, 5.41) is 4.37. The number of aromatic nitrogens is 2. The van der Waals surface area contributed by atoms with E-state index in [0.717, 1.165) is 0 Å². The van der Waals surface area contributed by atoms with E-state index in [1.165, 1.54) is 12.1 Å². The quantitative estimate of drug-likeness (QED) is 0.489. The molecule has 0 aliphatic rings. The molecule has 0 spiro atoms. The number of benzene rings is 1. The molecule has 0 N–H and O–H groups in total. The zero-order valence-electron chi connectivity index (χ0n) is 10.2. The number of carbonyl (C=O) groups excluding carboxylic acids is 2. The highest BCUT2D eigenvalue weighted by atomic mass is 35.5. The van der Waals surface area contributed by atoms with E-state index in [1.54, 1.807) is 36.1 Å². The Labute approximate surface area is 114 Å². The van der Waals surface area contributed by atoms with Gasteiger partial charge in [-0.05, 0) is 31.2 Å². The van der Waals surface area contributed by atoms with E-state index < -0.39 is 11.8 Å². The number of rotatable bonds is 4. The van der Waals surface area contributed by atoms with Gasteiger partial charge in [-0.3, -0.25) is 4.79 Å². The van der Waals surface area contributed by atoms with Gasteiger partial charge >= 0.3 is 5.97 Å². The van der Waals surface area contributed by atoms with Crippen LogP contribution in [0.3, 0.4) is 0 Å². The Morgan fingerprint density at radius 3 is 2.79 bits per heavy atom. The molecule has 2 rings (SSSR count). The summed E-state index contributed by atoms with van der Waals surface area (Å²) < 4.78 is 6.22. The minimum absolute atomic E-state index is 0.156. The van der Waals surface area contributed by atoms with Crippen LogP contribution < -0.4 is 0 Å². The predicted molar refractivity (Wildman–Crippen MR) is 69.5 cm³/mol. The lowest BCUT2D eigenvalue weighted by Crippen LogP contribution is -2.17. The van der Waals surface area contributed by atoms with Gasteiger partial charge in [-0.15, -0.1) is 0 Å². The lowest BCUT2D eigenvalue weighted by molar-refractivity contribution is -0.137. The highest BCUT2D eigenvalue weighted by molar-refractivity contribution is 6.41. The van der Waals surface area contributed by atoms with Crippen LogP contribution in [0.25, 0.3) is 5.69 Å². The maximum absolute atomic E-state index is 11.7. The van der Waals surface area contributed by atoms with Gasteiger partial charge in [0.2, 0.25) is 0 Å². The second-order valence-electron chi connectivity index (χ2n) is 3.67. The zero-order chi connectivity index (χ0) is 13.8. The van der Waals surface area contributed by atoms with E-state index in [4.69, 9.17) is 11.6 Å². The van der Waals surface area contributed by atoms with Crippen LogP contribution >= 0.6 is 11.6 Å². The number of ether oxygens (including phenoxy) is 1. The topological polar surface area (TPSA) is 61.2 Å².